The number of hydrogen-bond acceptors (Lipinski definition) is 3. The second-order valence-corrected chi connectivity index (χ2v) is 5.55. The lowest BCUT2D eigenvalue weighted by Crippen LogP contribution is -2.42. The normalized spacial score (nSPS) is 14.2. The molecule has 1 aliphatic carbocycles. The fourth-order valence-corrected chi connectivity index (χ4v) is 2.75. The number of carbonyl (C=O) groups excluding carboxylic acids is 1. The SMILES string of the molecule is Cc1cscc1CNC(=O)N(CCC(=O)O)C1CC1. The van der Waals surface area contributed by atoms with Gasteiger partial charge in [0, 0.05) is 19.1 Å². The molecule has 0 spiro atoms. The molecule has 0 radical (unpaired) electrons. The van der Waals surface area contributed by atoms with E-state index in [2.05, 4.69) is 5.32 Å². The van der Waals surface area contributed by atoms with Crippen molar-refractivity contribution in [3.8, 4) is 0 Å². The fourth-order valence-electron chi connectivity index (χ4n) is 1.89. The van der Waals surface area contributed by atoms with Gasteiger partial charge in [-0.2, -0.15) is 11.3 Å². The summed E-state index contributed by atoms with van der Waals surface area (Å²) in [5.41, 5.74) is 2.29. The van der Waals surface area contributed by atoms with Crippen molar-refractivity contribution in [1.82, 2.24) is 10.2 Å². The van der Waals surface area contributed by atoms with Gasteiger partial charge in [0.15, 0.2) is 0 Å². The van der Waals surface area contributed by atoms with Crippen molar-refractivity contribution in [3.05, 3.63) is 21.9 Å². The number of nitrogens with zero attached hydrogens (tertiary/aromatic N) is 1. The Hall–Kier alpha value is -1.56. The highest BCUT2D eigenvalue weighted by Crippen LogP contribution is 2.27. The van der Waals surface area contributed by atoms with Crippen LogP contribution in [-0.2, 0) is 11.3 Å². The molecular formula is C13H18N2O3S. The van der Waals surface area contributed by atoms with Crippen molar-refractivity contribution in [1.29, 1.82) is 0 Å². The monoisotopic (exact) mass is 282 g/mol. The van der Waals surface area contributed by atoms with E-state index in [1.54, 1.807) is 16.2 Å². The van der Waals surface area contributed by atoms with Gasteiger partial charge in [-0.15, -0.1) is 0 Å². The molecule has 2 rings (SSSR count). The van der Waals surface area contributed by atoms with Crippen molar-refractivity contribution in [2.75, 3.05) is 6.54 Å². The second-order valence-electron chi connectivity index (χ2n) is 4.81. The van der Waals surface area contributed by atoms with Crippen molar-refractivity contribution in [3.63, 3.8) is 0 Å². The van der Waals surface area contributed by atoms with Gasteiger partial charge >= 0.3 is 12.0 Å². The average molecular weight is 282 g/mol. The van der Waals surface area contributed by atoms with Gasteiger partial charge in [0.05, 0.1) is 6.42 Å². The number of hydrogen-bond donors (Lipinski definition) is 2. The molecule has 1 fully saturated rings. The molecule has 5 nitrogen and oxygen atoms in total. The Morgan fingerprint density at radius 1 is 1.47 bits per heavy atom. The van der Waals surface area contributed by atoms with Crippen molar-refractivity contribution < 1.29 is 14.7 Å². The third-order valence-corrected chi connectivity index (χ3v) is 4.12. The number of carboxylic acids is 1. The van der Waals surface area contributed by atoms with E-state index < -0.39 is 5.97 Å². The fraction of sp³-hybridized carbons (Fsp3) is 0.538. The summed E-state index contributed by atoms with van der Waals surface area (Å²) in [6, 6.07) is 0.0669. The molecule has 0 aromatic carbocycles. The molecule has 6 heteroatoms. The lowest BCUT2D eigenvalue weighted by atomic mass is 10.2. The summed E-state index contributed by atoms with van der Waals surface area (Å²) < 4.78 is 0. The molecule has 104 valence electrons. The highest BCUT2D eigenvalue weighted by molar-refractivity contribution is 7.08. The Morgan fingerprint density at radius 3 is 2.74 bits per heavy atom. The maximum atomic E-state index is 12.1. The first-order valence-electron chi connectivity index (χ1n) is 6.36. The van der Waals surface area contributed by atoms with E-state index in [0.29, 0.717) is 6.54 Å². The minimum atomic E-state index is -0.868. The van der Waals surface area contributed by atoms with Crippen LogP contribution in [0, 0.1) is 6.92 Å². The van der Waals surface area contributed by atoms with Crippen LogP contribution in [0.25, 0.3) is 0 Å². The standard InChI is InChI=1S/C13H18N2O3S/c1-9-7-19-8-10(9)6-14-13(18)15(11-2-3-11)5-4-12(16)17/h7-8,11H,2-6H2,1H3,(H,14,18)(H,16,17). The van der Waals surface area contributed by atoms with E-state index in [0.717, 1.165) is 18.4 Å². The Morgan fingerprint density at radius 2 is 2.21 bits per heavy atom. The number of carboxylic acid groups (broad SMARTS) is 1. The van der Waals surface area contributed by atoms with Gasteiger partial charge in [-0.1, -0.05) is 0 Å². The molecule has 1 aromatic rings. The first-order valence-corrected chi connectivity index (χ1v) is 7.30. The van der Waals surface area contributed by atoms with Gasteiger partial charge in [-0.05, 0) is 41.7 Å². The van der Waals surface area contributed by atoms with Crippen LogP contribution in [0.15, 0.2) is 10.8 Å². The molecule has 2 N–H and O–H groups in total. The van der Waals surface area contributed by atoms with Crippen molar-refractivity contribution in [2.45, 2.75) is 38.8 Å². The Balaban J connectivity index is 1.85. The number of thiophene rings is 1. The molecule has 1 aromatic heterocycles. The van der Waals surface area contributed by atoms with E-state index in [1.807, 2.05) is 17.7 Å². The van der Waals surface area contributed by atoms with Crippen LogP contribution >= 0.6 is 11.3 Å². The van der Waals surface area contributed by atoms with Crippen molar-refractivity contribution >= 4 is 23.3 Å². The van der Waals surface area contributed by atoms with E-state index in [-0.39, 0.29) is 25.0 Å². The number of rotatable bonds is 6. The minimum absolute atomic E-state index is 0.00139. The average Bonchev–Trinajstić information content (AvgIpc) is 3.10. The summed E-state index contributed by atoms with van der Waals surface area (Å²) >= 11 is 1.62. The zero-order valence-electron chi connectivity index (χ0n) is 10.9. The molecule has 1 saturated carbocycles. The third-order valence-electron chi connectivity index (χ3n) is 3.21. The maximum Gasteiger partial charge on any atom is 0.317 e. The van der Waals surface area contributed by atoms with Gasteiger partial charge in [0.25, 0.3) is 0 Å². The topological polar surface area (TPSA) is 69.6 Å². The molecule has 0 unspecified atom stereocenters. The zero-order valence-corrected chi connectivity index (χ0v) is 11.7. The number of urea groups is 1. The number of nitrogens with one attached hydrogen (secondary N) is 1. The van der Waals surface area contributed by atoms with Crippen LogP contribution in [0.3, 0.4) is 0 Å². The molecular weight excluding hydrogens is 264 g/mol. The molecule has 1 aliphatic rings. The van der Waals surface area contributed by atoms with E-state index in [4.69, 9.17) is 5.11 Å². The van der Waals surface area contributed by atoms with Crippen LogP contribution in [0.5, 0.6) is 0 Å². The van der Waals surface area contributed by atoms with E-state index in [9.17, 15) is 9.59 Å². The number of aryl methyl sites for hydroxylation is 1. The summed E-state index contributed by atoms with van der Waals surface area (Å²) in [4.78, 5) is 24.3. The number of amides is 2. The molecule has 2 amide bonds. The second kappa shape index (κ2) is 6.06. The van der Waals surface area contributed by atoms with Crippen LogP contribution in [-0.4, -0.2) is 34.6 Å². The van der Waals surface area contributed by atoms with Gasteiger partial charge < -0.3 is 15.3 Å². The molecule has 19 heavy (non-hydrogen) atoms. The first kappa shape index (κ1) is 13.9. The lowest BCUT2D eigenvalue weighted by molar-refractivity contribution is -0.137. The molecule has 0 atom stereocenters. The zero-order chi connectivity index (χ0) is 13.8. The van der Waals surface area contributed by atoms with E-state index in [1.165, 1.54) is 5.56 Å². The minimum Gasteiger partial charge on any atom is -0.481 e. The molecule has 0 bridgehead atoms. The highest BCUT2D eigenvalue weighted by Gasteiger charge is 2.32. The Bertz CT molecular complexity index is 468. The van der Waals surface area contributed by atoms with Crippen LogP contribution in [0.4, 0.5) is 4.79 Å². The molecule has 1 heterocycles. The van der Waals surface area contributed by atoms with Crippen molar-refractivity contribution in [2.24, 2.45) is 0 Å². The summed E-state index contributed by atoms with van der Waals surface area (Å²) in [6.07, 6.45) is 1.95. The third kappa shape index (κ3) is 3.96. The predicted molar refractivity (Wildman–Crippen MR) is 73.3 cm³/mol. The van der Waals surface area contributed by atoms with Crippen LogP contribution in [0.2, 0.25) is 0 Å². The summed E-state index contributed by atoms with van der Waals surface area (Å²) in [6.45, 7) is 2.81. The number of aliphatic carboxylic acids is 1. The van der Waals surface area contributed by atoms with Gasteiger partial charge in [0.1, 0.15) is 0 Å². The van der Waals surface area contributed by atoms with Gasteiger partial charge in [0.2, 0.25) is 0 Å². The van der Waals surface area contributed by atoms with Crippen LogP contribution in [0.1, 0.15) is 30.4 Å². The summed E-state index contributed by atoms with van der Waals surface area (Å²) in [7, 11) is 0. The summed E-state index contributed by atoms with van der Waals surface area (Å²) in [5, 5.41) is 15.6. The Kier molecular flexibility index (Phi) is 4.42. The highest BCUT2D eigenvalue weighted by atomic mass is 32.1. The molecule has 0 aliphatic heterocycles. The number of carbonyl (C=O) groups is 2. The summed E-state index contributed by atoms with van der Waals surface area (Å²) in [5.74, 6) is -0.868. The largest absolute Gasteiger partial charge is 0.481 e. The lowest BCUT2D eigenvalue weighted by Gasteiger charge is -2.22. The quantitative estimate of drug-likeness (QED) is 0.840. The molecule has 0 saturated heterocycles. The first-order chi connectivity index (χ1) is 9.08. The smallest absolute Gasteiger partial charge is 0.317 e. The van der Waals surface area contributed by atoms with Gasteiger partial charge in [-0.3, -0.25) is 4.79 Å². The predicted octanol–water partition coefficient (Wildman–Crippen LogP) is 2.21. The Labute approximate surface area is 116 Å². The van der Waals surface area contributed by atoms with Crippen LogP contribution < -0.4 is 5.32 Å². The van der Waals surface area contributed by atoms with E-state index >= 15 is 0 Å². The van der Waals surface area contributed by atoms with Gasteiger partial charge in [-0.25, -0.2) is 4.79 Å². The maximum absolute atomic E-state index is 12.1.